The van der Waals surface area contributed by atoms with Crippen molar-refractivity contribution in [3.63, 3.8) is 0 Å². The largest absolute Gasteiger partial charge is 0.456 e. The average Bonchev–Trinajstić information content (AvgIpc) is 2.49. The lowest BCUT2D eigenvalue weighted by atomic mass is 10.1. The second-order valence-electron chi connectivity index (χ2n) is 6.34. The zero-order chi connectivity index (χ0) is 19.0. The van der Waals surface area contributed by atoms with Crippen molar-refractivity contribution in [1.82, 2.24) is 10.6 Å². The Labute approximate surface area is 144 Å². The van der Waals surface area contributed by atoms with E-state index in [1.54, 1.807) is 20.8 Å². The molecule has 0 bridgehead atoms. The summed E-state index contributed by atoms with van der Waals surface area (Å²) in [6, 6.07) is 4.26. The minimum absolute atomic E-state index is 0.128. The number of ketones is 1. The molecule has 0 aliphatic heterocycles. The van der Waals surface area contributed by atoms with Crippen LogP contribution in [0.2, 0.25) is 0 Å². The van der Waals surface area contributed by atoms with E-state index in [-0.39, 0.29) is 24.2 Å². The van der Waals surface area contributed by atoms with Gasteiger partial charge in [0.05, 0.1) is 6.42 Å². The zero-order valence-electron chi connectivity index (χ0n) is 14.3. The molecule has 0 atom stereocenters. The van der Waals surface area contributed by atoms with Gasteiger partial charge in [-0.15, -0.1) is 0 Å². The van der Waals surface area contributed by atoms with Gasteiger partial charge in [-0.1, -0.05) is 0 Å². The van der Waals surface area contributed by atoms with Gasteiger partial charge in [0.2, 0.25) is 0 Å². The molecule has 0 spiro atoms. The third-order valence-electron chi connectivity index (χ3n) is 2.83. The summed E-state index contributed by atoms with van der Waals surface area (Å²) in [6.07, 6.45) is -0.353. The number of halogens is 1. The molecule has 1 aromatic carbocycles. The van der Waals surface area contributed by atoms with Crippen molar-refractivity contribution in [2.24, 2.45) is 0 Å². The molecule has 0 aliphatic rings. The minimum atomic E-state index is -0.778. The van der Waals surface area contributed by atoms with Crippen LogP contribution in [0.3, 0.4) is 0 Å². The zero-order valence-corrected chi connectivity index (χ0v) is 14.3. The molecular weight excluding hydrogens is 331 g/mol. The fraction of sp³-hybridized carbons (Fsp3) is 0.412. The SMILES string of the molecule is CC(C)(C)NC(=O)NC(=O)COC(=O)CCC(=O)c1ccc(F)cc1. The predicted octanol–water partition coefficient (Wildman–Crippen LogP) is 1.96. The molecule has 0 aromatic heterocycles. The molecule has 3 amide bonds. The summed E-state index contributed by atoms with van der Waals surface area (Å²) in [5.41, 5.74) is -0.229. The lowest BCUT2D eigenvalue weighted by molar-refractivity contribution is -0.148. The van der Waals surface area contributed by atoms with E-state index >= 15 is 0 Å². The van der Waals surface area contributed by atoms with Gasteiger partial charge in [0.1, 0.15) is 5.82 Å². The van der Waals surface area contributed by atoms with Crippen LogP contribution >= 0.6 is 0 Å². The number of Topliss-reactive ketones (excluding diaryl/α,β-unsaturated/α-hetero) is 1. The van der Waals surface area contributed by atoms with Crippen molar-refractivity contribution in [3.8, 4) is 0 Å². The summed E-state index contributed by atoms with van der Waals surface area (Å²) >= 11 is 0. The lowest BCUT2D eigenvalue weighted by Gasteiger charge is -2.20. The maximum atomic E-state index is 12.8. The molecule has 1 aromatic rings. The van der Waals surface area contributed by atoms with Crippen molar-refractivity contribution < 1.29 is 28.3 Å². The fourth-order valence-corrected chi connectivity index (χ4v) is 1.75. The number of ether oxygens (including phenoxy) is 1. The maximum absolute atomic E-state index is 12.8. The van der Waals surface area contributed by atoms with Crippen molar-refractivity contribution in [2.45, 2.75) is 39.2 Å². The molecule has 25 heavy (non-hydrogen) atoms. The Kier molecular flexibility index (Phi) is 7.22. The minimum Gasteiger partial charge on any atom is -0.456 e. The van der Waals surface area contributed by atoms with Crippen LogP contribution in [0.4, 0.5) is 9.18 Å². The standard InChI is InChI=1S/C17H21FN2O5/c1-17(2,3)20-16(24)19-14(22)10-25-15(23)9-8-13(21)11-4-6-12(18)7-5-11/h4-7H,8-10H2,1-3H3,(H2,19,20,22,24). The number of carbonyl (C=O) groups excluding carboxylic acids is 4. The molecule has 0 aliphatic carbocycles. The molecule has 0 saturated heterocycles. The number of rotatable bonds is 6. The van der Waals surface area contributed by atoms with Gasteiger partial charge in [-0.3, -0.25) is 19.7 Å². The van der Waals surface area contributed by atoms with Gasteiger partial charge in [0.25, 0.3) is 5.91 Å². The molecule has 7 nitrogen and oxygen atoms in total. The summed E-state index contributed by atoms with van der Waals surface area (Å²) < 4.78 is 17.5. The van der Waals surface area contributed by atoms with Gasteiger partial charge in [-0.05, 0) is 45.0 Å². The van der Waals surface area contributed by atoms with E-state index in [2.05, 4.69) is 5.32 Å². The topological polar surface area (TPSA) is 102 Å². The summed E-state index contributed by atoms with van der Waals surface area (Å²) in [7, 11) is 0. The Morgan fingerprint density at radius 3 is 2.20 bits per heavy atom. The van der Waals surface area contributed by atoms with Crippen LogP contribution in [-0.2, 0) is 14.3 Å². The second kappa shape index (κ2) is 8.91. The Morgan fingerprint density at radius 2 is 1.64 bits per heavy atom. The van der Waals surface area contributed by atoms with Gasteiger partial charge in [0, 0.05) is 17.5 Å². The third kappa shape index (κ3) is 8.59. The van der Waals surface area contributed by atoms with Crippen LogP contribution in [0.15, 0.2) is 24.3 Å². The van der Waals surface area contributed by atoms with E-state index in [9.17, 15) is 23.6 Å². The van der Waals surface area contributed by atoms with Crippen LogP contribution in [0.5, 0.6) is 0 Å². The smallest absolute Gasteiger partial charge is 0.321 e. The van der Waals surface area contributed by atoms with Crippen molar-refractivity contribution >= 4 is 23.7 Å². The van der Waals surface area contributed by atoms with Gasteiger partial charge in [0.15, 0.2) is 12.4 Å². The van der Waals surface area contributed by atoms with Crippen LogP contribution in [0.1, 0.15) is 44.0 Å². The number of benzene rings is 1. The number of esters is 1. The van der Waals surface area contributed by atoms with E-state index in [1.165, 1.54) is 12.1 Å². The molecule has 0 unspecified atom stereocenters. The Bertz CT molecular complexity index is 650. The Balaban J connectivity index is 2.30. The van der Waals surface area contributed by atoms with E-state index in [0.717, 1.165) is 12.1 Å². The number of urea groups is 1. The molecule has 0 saturated carbocycles. The van der Waals surface area contributed by atoms with Crippen LogP contribution in [0.25, 0.3) is 0 Å². The Hall–Kier alpha value is -2.77. The highest BCUT2D eigenvalue weighted by Crippen LogP contribution is 2.07. The fourth-order valence-electron chi connectivity index (χ4n) is 1.75. The highest BCUT2D eigenvalue weighted by Gasteiger charge is 2.17. The Morgan fingerprint density at radius 1 is 1.04 bits per heavy atom. The van der Waals surface area contributed by atoms with Crippen molar-refractivity contribution in [2.75, 3.05) is 6.61 Å². The van der Waals surface area contributed by atoms with Crippen molar-refractivity contribution in [1.29, 1.82) is 0 Å². The summed E-state index contributed by atoms with van der Waals surface area (Å²) in [6.45, 7) is 4.61. The molecule has 8 heteroatoms. The van der Waals surface area contributed by atoms with Gasteiger partial charge >= 0.3 is 12.0 Å². The number of carbonyl (C=O) groups is 4. The van der Waals surface area contributed by atoms with E-state index in [4.69, 9.17) is 4.74 Å². The van der Waals surface area contributed by atoms with Gasteiger partial charge in [-0.25, -0.2) is 9.18 Å². The van der Waals surface area contributed by atoms with Crippen LogP contribution in [-0.4, -0.2) is 35.8 Å². The first-order valence-electron chi connectivity index (χ1n) is 7.63. The second-order valence-corrected chi connectivity index (χ2v) is 6.34. The first kappa shape index (κ1) is 20.3. The van der Waals surface area contributed by atoms with Crippen LogP contribution in [0, 0.1) is 5.82 Å². The lowest BCUT2D eigenvalue weighted by Crippen LogP contribution is -2.49. The quantitative estimate of drug-likeness (QED) is 0.602. The summed E-state index contributed by atoms with van der Waals surface area (Å²) in [5.74, 6) is -2.33. The number of hydrogen-bond donors (Lipinski definition) is 2. The predicted molar refractivity (Wildman–Crippen MR) is 87.4 cm³/mol. The van der Waals surface area contributed by atoms with E-state index in [1.807, 2.05) is 5.32 Å². The molecule has 0 radical (unpaired) electrons. The van der Waals surface area contributed by atoms with E-state index < -0.39 is 35.9 Å². The first-order chi connectivity index (χ1) is 11.6. The normalized spacial score (nSPS) is 10.7. The van der Waals surface area contributed by atoms with Crippen molar-refractivity contribution in [3.05, 3.63) is 35.6 Å². The number of nitrogens with one attached hydrogen (secondary N) is 2. The molecular formula is C17H21FN2O5. The molecule has 0 fully saturated rings. The monoisotopic (exact) mass is 352 g/mol. The highest BCUT2D eigenvalue weighted by molar-refractivity contribution is 5.98. The number of imide groups is 1. The third-order valence-corrected chi connectivity index (χ3v) is 2.83. The number of hydrogen-bond acceptors (Lipinski definition) is 5. The van der Waals surface area contributed by atoms with E-state index in [0.29, 0.717) is 0 Å². The number of amides is 3. The van der Waals surface area contributed by atoms with Gasteiger partial charge in [-0.2, -0.15) is 0 Å². The summed E-state index contributed by atoms with van der Waals surface area (Å²) in [5, 5.41) is 4.54. The first-order valence-corrected chi connectivity index (χ1v) is 7.63. The van der Waals surface area contributed by atoms with Crippen LogP contribution < -0.4 is 10.6 Å². The molecule has 1 rings (SSSR count). The maximum Gasteiger partial charge on any atom is 0.321 e. The van der Waals surface area contributed by atoms with Gasteiger partial charge < -0.3 is 10.1 Å². The summed E-state index contributed by atoms with van der Waals surface area (Å²) in [4.78, 5) is 46.3. The average molecular weight is 352 g/mol. The molecule has 0 heterocycles. The molecule has 136 valence electrons. The molecule has 2 N–H and O–H groups in total. The highest BCUT2D eigenvalue weighted by atomic mass is 19.1.